The van der Waals surface area contributed by atoms with Crippen LogP contribution in [-0.2, 0) is 19.3 Å². The number of nitrogens with zero attached hydrogens (tertiary/aromatic N) is 3. The second kappa shape index (κ2) is 8.74. The van der Waals surface area contributed by atoms with E-state index in [0.717, 1.165) is 30.8 Å². The van der Waals surface area contributed by atoms with E-state index in [-0.39, 0.29) is 5.82 Å². The van der Waals surface area contributed by atoms with E-state index in [0.29, 0.717) is 30.1 Å². The average molecular weight is 392 g/mol. The third-order valence-electron chi connectivity index (χ3n) is 4.89. The van der Waals surface area contributed by atoms with Crippen LogP contribution >= 0.6 is 11.6 Å². The number of hydrogen-bond donors (Lipinski definition) is 2. The fourth-order valence-electron chi connectivity index (χ4n) is 3.33. The number of aromatic nitrogens is 2. The Bertz CT molecular complexity index is 815. The van der Waals surface area contributed by atoms with Crippen LogP contribution in [0, 0.1) is 5.82 Å². The molecule has 0 radical (unpaired) electrons. The van der Waals surface area contributed by atoms with Gasteiger partial charge in [-0.05, 0) is 56.4 Å². The second-order valence-electron chi connectivity index (χ2n) is 7.24. The van der Waals surface area contributed by atoms with Crippen LogP contribution in [0.5, 0.6) is 0 Å². The van der Waals surface area contributed by atoms with Crippen molar-refractivity contribution in [3.05, 3.63) is 52.1 Å². The van der Waals surface area contributed by atoms with Crippen molar-refractivity contribution in [3.8, 4) is 0 Å². The molecule has 7 heteroatoms. The Morgan fingerprint density at radius 1 is 1.44 bits per heavy atom. The van der Waals surface area contributed by atoms with Gasteiger partial charge in [0.1, 0.15) is 5.82 Å². The molecule has 2 N–H and O–H groups in total. The van der Waals surface area contributed by atoms with E-state index >= 15 is 0 Å². The summed E-state index contributed by atoms with van der Waals surface area (Å²) in [4.78, 5) is 4.32. The van der Waals surface area contributed by atoms with Crippen molar-refractivity contribution in [1.82, 2.24) is 20.4 Å². The molecule has 1 aromatic carbocycles. The van der Waals surface area contributed by atoms with E-state index in [4.69, 9.17) is 16.7 Å². The number of benzene rings is 1. The number of halogens is 2. The highest BCUT2D eigenvalue weighted by Gasteiger charge is 2.22. The molecule has 27 heavy (non-hydrogen) atoms. The molecule has 0 aliphatic heterocycles. The summed E-state index contributed by atoms with van der Waals surface area (Å²) >= 11 is 6.08. The van der Waals surface area contributed by atoms with E-state index < -0.39 is 0 Å². The van der Waals surface area contributed by atoms with Crippen LogP contribution in [0.2, 0.25) is 5.02 Å². The van der Waals surface area contributed by atoms with Gasteiger partial charge in [-0.25, -0.2) is 4.39 Å². The van der Waals surface area contributed by atoms with Gasteiger partial charge in [-0.3, -0.25) is 9.67 Å². The molecule has 1 atom stereocenters. The number of aryl methyl sites for hydroxylation is 1. The van der Waals surface area contributed by atoms with Crippen LogP contribution in [0.3, 0.4) is 0 Å². The lowest BCUT2D eigenvalue weighted by atomic mass is 9.94. The van der Waals surface area contributed by atoms with Crippen LogP contribution in [0.1, 0.15) is 43.1 Å². The zero-order valence-electron chi connectivity index (χ0n) is 16.1. The van der Waals surface area contributed by atoms with Gasteiger partial charge in [0, 0.05) is 43.3 Å². The van der Waals surface area contributed by atoms with Gasteiger partial charge in [0.25, 0.3) is 0 Å². The summed E-state index contributed by atoms with van der Waals surface area (Å²) < 4.78 is 15.2. The second-order valence-corrected chi connectivity index (χ2v) is 7.65. The highest BCUT2D eigenvalue weighted by molar-refractivity contribution is 6.31. The number of fused-ring (bicyclic) bond motifs is 1. The van der Waals surface area contributed by atoms with Gasteiger partial charge in [-0.1, -0.05) is 17.7 Å². The van der Waals surface area contributed by atoms with E-state index in [9.17, 15) is 4.39 Å². The summed E-state index contributed by atoms with van der Waals surface area (Å²) in [6.45, 7) is 4.96. The van der Waals surface area contributed by atoms with Crippen molar-refractivity contribution in [2.45, 2.75) is 51.6 Å². The fourth-order valence-corrected chi connectivity index (χ4v) is 3.59. The van der Waals surface area contributed by atoms with E-state index in [2.05, 4.69) is 35.7 Å². The zero-order chi connectivity index (χ0) is 19.4. The van der Waals surface area contributed by atoms with E-state index in [1.165, 1.54) is 23.4 Å². The minimum atomic E-state index is -0.314. The van der Waals surface area contributed by atoms with Crippen LogP contribution < -0.4 is 10.6 Å². The van der Waals surface area contributed by atoms with E-state index in [1.807, 2.05) is 4.68 Å². The van der Waals surface area contributed by atoms with Crippen LogP contribution in [0.25, 0.3) is 0 Å². The molecular formula is C20H27ClFN5. The minimum Gasteiger partial charge on any atom is -0.356 e. The molecule has 1 aliphatic rings. The first-order chi connectivity index (χ1) is 13.0. The smallest absolute Gasteiger partial charge is 0.191 e. The molecule has 1 aliphatic carbocycles. The summed E-state index contributed by atoms with van der Waals surface area (Å²) in [6, 6.07) is 5.20. The van der Waals surface area contributed by atoms with Crippen molar-refractivity contribution in [3.63, 3.8) is 0 Å². The molecule has 0 fully saturated rings. The Labute approximate surface area is 165 Å². The van der Waals surface area contributed by atoms with Gasteiger partial charge < -0.3 is 10.6 Å². The molecule has 2 aromatic rings. The zero-order valence-corrected chi connectivity index (χ0v) is 16.9. The standard InChI is InChI=1S/C20H27ClFN5/c1-13(2)27-12-15-5-7-17(11-19(15)26-27)25-20(23-3)24-9-8-14-4-6-16(22)10-18(14)21/h4,6,10,12-13,17H,5,7-9,11H2,1-3H3,(H2,23,24,25). The lowest BCUT2D eigenvalue weighted by Crippen LogP contribution is -2.46. The first-order valence-corrected chi connectivity index (χ1v) is 9.82. The maximum Gasteiger partial charge on any atom is 0.191 e. The lowest BCUT2D eigenvalue weighted by molar-refractivity contribution is 0.499. The fraction of sp³-hybridized carbons (Fsp3) is 0.500. The van der Waals surface area contributed by atoms with Crippen molar-refractivity contribution in [2.24, 2.45) is 4.99 Å². The van der Waals surface area contributed by atoms with Crippen molar-refractivity contribution < 1.29 is 4.39 Å². The molecule has 1 heterocycles. The summed E-state index contributed by atoms with van der Waals surface area (Å²) in [6.07, 6.45) is 5.87. The molecular weight excluding hydrogens is 365 g/mol. The number of aliphatic imine (C=N–C) groups is 1. The number of rotatable bonds is 5. The van der Waals surface area contributed by atoms with Crippen LogP contribution in [-0.4, -0.2) is 35.4 Å². The monoisotopic (exact) mass is 391 g/mol. The SMILES string of the molecule is CN=C(NCCc1ccc(F)cc1Cl)NC1CCc2cn(C(C)C)nc2C1. The molecule has 5 nitrogen and oxygen atoms in total. The van der Waals surface area contributed by atoms with Gasteiger partial charge in [-0.2, -0.15) is 5.10 Å². The maximum absolute atomic E-state index is 13.1. The highest BCUT2D eigenvalue weighted by atomic mass is 35.5. The summed E-state index contributed by atoms with van der Waals surface area (Å²) in [5.41, 5.74) is 3.46. The highest BCUT2D eigenvalue weighted by Crippen LogP contribution is 2.22. The predicted octanol–water partition coefficient (Wildman–Crippen LogP) is 3.52. The predicted molar refractivity (Wildman–Crippen MR) is 108 cm³/mol. The number of guanidine groups is 1. The lowest BCUT2D eigenvalue weighted by Gasteiger charge is -2.24. The molecule has 3 rings (SSSR count). The van der Waals surface area contributed by atoms with Gasteiger partial charge in [0.2, 0.25) is 0 Å². The Kier molecular flexibility index (Phi) is 6.37. The van der Waals surface area contributed by atoms with Crippen molar-refractivity contribution in [2.75, 3.05) is 13.6 Å². The third kappa shape index (κ3) is 5.01. The molecule has 0 bridgehead atoms. The Morgan fingerprint density at radius 2 is 2.26 bits per heavy atom. The van der Waals surface area contributed by atoms with Crippen molar-refractivity contribution in [1.29, 1.82) is 0 Å². The first kappa shape index (κ1) is 19.7. The van der Waals surface area contributed by atoms with Gasteiger partial charge in [-0.15, -0.1) is 0 Å². The number of hydrogen-bond acceptors (Lipinski definition) is 2. The van der Waals surface area contributed by atoms with Gasteiger partial charge >= 0.3 is 0 Å². The Hall–Kier alpha value is -2.08. The summed E-state index contributed by atoms with van der Waals surface area (Å²) in [5, 5.41) is 12.0. The average Bonchev–Trinajstić information content (AvgIpc) is 3.06. The number of nitrogens with one attached hydrogen (secondary N) is 2. The van der Waals surface area contributed by atoms with Crippen LogP contribution in [0.15, 0.2) is 29.4 Å². The largest absolute Gasteiger partial charge is 0.356 e. The van der Waals surface area contributed by atoms with Gasteiger partial charge in [0.15, 0.2) is 5.96 Å². The minimum absolute atomic E-state index is 0.314. The normalized spacial score (nSPS) is 17.1. The molecule has 1 aromatic heterocycles. The molecule has 0 spiro atoms. The van der Waals surface area contributed by atoms with Gasteiger partial charge in [0.05, 0.1) is 5.69 Å². The Morgan fingerprint density at radius 3 is 2.96 bits per heavy atom. The third-order valence-corrected chi connectivity index (χ3v) is 5.24. The molecule has 0 amide bonds. The Balaban J connectivity index is 1.51. The summed E-state index contributed by atoms with van der Waals surface area (Å²) in [7, 11) is 1.77. The summed E-state index contributed by atoms with van der Waals surface area (Å²) in [5.74, 6) is 0.454. The first-order valence-electron chi connectivity index (χ1n) is 9.44. The molecule has 0 saturated carbocycles. The molecule has 0 saturated heterocycles. The molecule has 1 unspecified atom stereocenters. The molecule has 146 valence electrons. The van der Waals surface area contributed by atoms with Crippen LogP contribution in [0.4, 0.5) is 4.39 Å². The van der Waals surface area contributed by atoms with E-state index in [1.54, 1.807) is 13.1 Å². The topological polar surface area (TPSA) is 54.2 Å². The maximum atomic E-state index is 13.1. The van der Waals surface area contributed by atoms with Crippen molar-refractivity contribution >= 4 is 17.6 Å². The quantitative estimate of drug-likeness (QED) is 0.605.